The van der Waals surface area contributed by atoms with E-state index in [0.29, 0.717) is 21.3 Å². The highest BCUT2D eigenvalue weighted by atomic mass is 35.5. The van der Waals surface area contributed by atoms with Gasteiger partial charge in [-0.1, -0.05) is 59.6 Å². The van der Waals surface area contributed by atoms with Crippen LogP contribution in [0.15, 0.2) is 60.7 Å². The maximum absolute atomic E-state index is 12.6. The second-order valence-corrected chi connectivity index (χ2v) is 7.35. The van der Waals surface area contributed by atoms with Gasteiger partial charge in [0, 0.05) is 0 Å². The van der Waals surface area contributed by atoms with E-state index < -0.39 is 5.97 Å². The molecule has 0 fully saturated rings. The third-order valence-electron chi connectivity index (χ3n) is 4.50. The predicted octanol–water partition coefficient (Wildman–Crippen LogP) is 5.94. The summed E-state index contributed by atoms with van der Waals surface area (Å²) in [4.78, 5) is 24.8. The maximum atomic E-state index is 12.6. The predicted molar refractivity (Wildman–Crippen MR) is 117 cm³/mol. The number of aryl methyl sites for hydroxylation is 1. The first kappa shape index (κ1) is 20.9. The normalized spacial score (nSPS) is 10.5. The fraction of sp³-hybridized carbons (Fsp3) is 0.130. The number of anilines is 1. The number of ether oxygens (including phenoxy) is 1. The van der Waals surface area contributed by atoms with Crippen LogP contribution in [-0.2, 0) is 16.0 Å². The summed E-state index contributed by atoms with van der Waals surface area (Å²) in [5.74, 6) is -0.804. The minimum Gasteiger partial charge on any atom is -0.465 e. The average Bonchev–Trinajstić information content (AvgIpc) is 2.70. The molecule has 1 N–H and O–H groups in total. The number of hydrogen-bond donors (Lipinski definition) is 1. The largest absolute Gasteiger partial charge is 0.465 e. The number of benzene rings is 3. The molecule has 1 amide bonds. The maximum Gasteiger partial charge on any atom is 0.339 e. The van der Waals surface area contributed by atoms with Crippen LogP contribution in [0.4, 0.5) is 5.69 Å². The zero-order valence-corrected chi connectivity index (χ0v) is 17.5. The number of carbonyl (C=O) groups excluding carboxylic acids is 2. The van der Waals surface area contributed by atoms with Crippen LogP contribution in [0.2, 0.25) is 10.0 Å². The van der Waals surface area contributed by atoms with Crippen LogP contribution in [0.25, 0.3) is 11.1 Å². The topological polar surface area (TPSA) is 55.4 Å². The van der Waals surface area contributed by atoms with E-state index in [0.717, 1.165) is 16.7 Å². The van der Waals surface area contributed by atoms with Crippen molar-refractivity contribution in [2.45, 2.75) is 13.3 Å². The number of methoxy groups -OCH3 is 1. The van der Waals surface area contributed by atoms with Crippen molar-refractivity contribution in [3.05, 3.63) is 87.4 Å². The molecule has 0 aliphatic carbocycles. The Hall–Kier alpha value is -2.82. The molecule has 0 radical (unpaired) electrons. The van der Waals surface area contributed by atoms with Gasteiger partial charge in [-0.15, -0.1) is 0 Å². The molecule has 0 heterocycles. The lowest BCUT2D eigenvalue weighted by Crippen LogP contribution is -2.17. The summed E-state index contributed by atoms with van der Waals surface area (Å²) in [7, 11) is 1.30. The van der Waals surface area contributed by atoms with Gasteiger partial charge in [0.1, 0.15) is 0 Å². The minimum absolute atomic E-state index is 0.0894. The van der Waals surface area contributed by atoms with E-state index in [-0.39, 0.29) is 17.9 Å². The Kier molecular flexibility index (Phi) is 6.57. The smallest absolute Gasteiger partial charge is 0.339 e. The van der Waals surface area contributed by atoms with Crippen molar-refractivity contribution in [2.24, 2.45) is 0 Å². The summed E-state index contributed by atoms with van der Waals surface area (Å²) in [6.45, 7) is 2.01. The first-order valence-electron chi connectivity index (χ1n) is 8.91. The van der Waals surface area contributed by atoms with Gasteiger partial charge in [-0.05, 0) is 53.4 Å². The lowest BCUT2D eigenvalue weighted by molar-refractivity contribution is -0.115. The molecular formula is C23H19Cl2NO3. The molecule has 0 saturated heterocycles. The zero-order valence-electron chi connectivity index (χ0n) is 16.0. The number of nitrogens with one attached hydrogen (secondary N) is 1. The third kappa shape index (κ3) is 4.97. The molecule has 0 unspecified atom stereocenters. The minimum atomic E-state index is -0.522. The number of amides is 1. The molecule has 29 heavy (non-hydrogen) atoms. The molecule has 0 aliphatic rings. The number of esters is 1. The van der Waals surface area contributed by atoms with Crippen molar-refractivity contribution < 1.29 is 14.3 Å². The van der Waals surface area contributed by atoms with E-state index in [1.54, 1.807) is 30.3 Å². The number of carbonyl (C=O) groups is 2. The second kappa shape index (κ2) is 9.12. The molecule has 0 aromatic heterocycles. The summed E-state index contributed by atoms with van der Waals surface area (Å²) >= 11 is 11.9. The summed E-state index contributed by atoms with van der Waals surface area (Å²) in [5, 5.41) is 3.63. The van der Waals surface area contributed by atoms with Crippen LogP contribution < -0.4 is 5.32 Å². The highest BCUT2D eigenvalue weighted by Gasteiger charge is 2.16. The monoisotopic (exact) mass is 427 g/mol. The van der Waals surface area contributed by atoms with Crippen molar-refractivity contribution in [3.63, 3.8) is 0 Å². The van der Waals surface area contributed by atoms with Crippen molar-refractivity contribution in [1.29, 1.82) is 0 Å². The van der Waals surface area contributed by atoms with Gasteiger partial charge in [-0.2, -0.15) is 0 Å². The zero-order chi connectivity index (χ0) is 21.0. The molecule has 0 atom stereocenters. The van der Waals surface area contributed by atoms with Gasteiger partial charge in [0.15, 0.2) is 0 Å². The van der Waals surface area contributed by atoms with Crippen molar-refractivity contribution in [1.82, 2.24) is 0 Å². The van der Waals surface area contributed by atoms with E-state index in [1.807, 2.05) is 37.3 Å². The van der Waals surface area contributed by atoms with Gasteiger partial charge in [-0.3, -0.25) is 4.79 Å². The molecule has 3 rings (SSSR count). The Labute approximate surface area is 179 Å². The first-order valence-corrected chi connectivity index (χ1v) is 9.67. The van der Waals surface area contributed by atoms with E-state index in [2.05, 4.69) is 5.32 Å². The SMILES string of the molecule is COC(=O)c1ccc(-c2ccccc2C)cc1NC(=O)Cc1ccc(Cl)c(Cl)c1. The Morgan fingerprint density at radius 3 is 2.41 bits per heavy atom. The Balaban J connectivity index is 1.91. The summed E-state index contributed by atoms with van der Waals surface area (Å²) < 4.78 is 4.85. The van der Waals surface area contributed by atoms with Crippen molar-refractivity contribution >= 4 is 40.8 Å². The molecule has 148 valence electrons. The number of halogens is 2. The fourth-order valence-corrected chi connectivity index (χ4v) is 3.35. The molecule has 0 aliphatic heterocycles. The van der Waals surface area contributed by atoms with Crippen LogP contribution in [0.5, 0.6) is 0 Å². The molecular weight excluding hydrogens is 409 g/mol. The van der Waals surface area contributed by atoms with E-state index in [4.69, 9.17) is 27.9 Å². The number of hydrogen-bond acceptors (Lipinski definition) is 3. The lowest BCUT2D eigenvalue weighted by atomic mass is 9.98. The fourth-order valence-electron chi connectivity index (χ4n) is 3.03. The molecule has 0 bridgehead atoms. The first-order chi connectivity index (χ1) is 13.9. The van der Waals surface area contributed by atoms with Gasteiger partial charge >= 0.3 is 5.97 Å². The molecule has 0 saturated carbocycles. The molecule has 3 aromatic carbocycles. The highest BCUT2D eigenvalue weighted by molar-refractivity contribution is 6.42. The van der Waals surface area contributed by atoms with Gasteiger partial charge < -0.3 is 10.1 Å². The van der Waals surface area contributed by atoms with Crippen LogP contribution in [0.1, 0.15) is 21.5 Å². The van der Waals surface area contributed by atoms with Gasteiger partial charge in [0.05, 0.1) is 34.8 Å². The average molecular weight is 428 g/mol. The molecule has 3 aromatic rings. The van der Waals surface area contributed by atoms with Crippen LogP contribution in [-0.4, -0.2) is 19.0 Å². The Morgan fingerprint density at radius 2 is 1.72 bits per heavy atom. The quantitative estimate of drug-likeness (QED) is 0.512. The standard InChI is InChI=1S/C23H19Cl2NO3/c1-14-5-3-4-6-17(14)16-8-9-18(23(28)29-2)21(13-16)26-22(27)12-15-7-10-19(24)20(25)11-15/h3-11,13H,12H2,1-2H3,(H,26,27). The van der Waals surface area contributed by atoms with Crippen LogP contribution >= 0.6 is 23.2 Å². The van der Waals surface area contributed by atoms with Crippen LogP contribution in [0, 0.1) is 6.92 Å². The second-order valence-electron chi connectivity index (χ2n) is 6.54. The molecule has 4 nitrogen and oxygen atoms in total. The molecule has 0 spiro atoms. The van der Waals surface area contributed by atoms with E-state index in [9.17, 15) is 9.59 Å². The highest BCUT2D eigenvalue weighted by Crippen LogP contribution is 2.29. The summed E-state index contributed by atoms with van der Waals surface area (Å²) in [6.07, 6.45) is 0.0894. The van der Waals surface area contributed by atoms with Gasteiger partial charge in [0.25, 0.3) is 0 Å². The Morgan fingerprint density at radius 1 is 0.966 bits per heavy atom. The summed E-state index contributed by atoms with van der Waals surface area (Å²) in [5.41, 5.74) is 4.39. The lowest BCUT2D eigenvalue weighted by Gasteiger charge is -2.13. The summed E-state index contributed by atoms with van der Waals surface area (Å²) in [6, 6.07) is 18.2. The van der Waals surface area contributed by atoms with Crippen LogP contribution in [0.3, 0.4) is 0 Å². The molecule has 6 heteroatoms. The van der Waals surface area contributed by atoms with Gasteiger partial charge in [-0.25, -0.2) is 4.79 Å². The number of rotatable bonds is 5. The van der Waals surface area contributed by atoms with E-state index >= 15 is 0 Å². The Bertz CT molecular complexity index is 1080. The van der Waals surface area contributed by atoms with Crippen molar-refractivity contribution in [2.75, 3.05) is 12.4 Å². The van der Waals surface area contributed by atoms with Crippen molar-refractivity contribution in [3.8, 4) is 11.1 Å². The van der Waals surface area contributed by atoms with Gasteiger partial charge in [0.2, 0.25) is 5.91 Å². The van der Waals surface area contributed by atoms with E-state index in [1.165, 1.54) is 7.11 Å². The third-order valence-corrected chi connectivity index (χ3v) is 5.24.